The molecule has 0 aliphatic rings. The van der Waals surface area contributed by atoms with Crippen molar-refractivity contribution in [2.24, 2.45) is 5.92 Å². The summed E-state index contributed by atoms with van der Waals surface area (Å²) in [6.45, 7) is 15.4. The number of benzene rings is 1. The van der Waals surface area contributed by atoms with Gasteiger partial charge in [0.25, 0.3) is 0 Å². The molecule has 0 fully saturated rings. The molecule has 2 atom stereocenters. The summed E-state index contributed by atoms with van der Waals surface area (Å²) in [7, 11) is 0. The van der Waals surface area contributed by atoms with Crippen molar-refractivity contribution in [3.63, 3.8) is 0 Å². The molecule has 9 heteroatoms. The number of unbranched alkanes of at least 4 members (excludes halogenated alkanes) is 4. The van der Waals surface area contributed by atoms with Gasteiger partial charge in [0, 0.05) is 13.1 Å². The van der Waals surface area contributed by atoms with Gasteiger partial charge in [0.1, 0.15) is 17.7 Å². The van der Waals surface area contributed by atoms with Crippen LogP contribution in [-0.2, 0) is 23.9 Å². The second-order valence-electron chi connectivity index (χ2n) is 11.4. The Hall–Kier alpha value is -3.10. The third kappa shape index (κ3) is 12.4. The second-order valence-corrected chi connectivity index (χ2v) is 11.4. The highest BCUT2D eigenvalue weighted by atomic mass is 16.6. The summed E-state index contributed by atoms with van der Waals surface area (Å²) in [5.41, 5.74) is 0.826. The molecule has 1 aromatic rings. The Morgan fingerprint density at radius 2 is 1.62 bits per heavy atom. The average Bonchev–Trinajstić information content (AvgIpc) is 2.86. The number of nitrogens with one attached hydrogen (secondary N) is 2. The van der Waals surface area contributed by atoms with Gasteiger partial charge in [-0.25, -0.2) is 4.79 Å². The number of carbonyl (C=O) groups is 4. The minimum atomic E-state index is -0.941. The number of esters is 1. The van der Waals surface area contributed by atoms with E-state index in [2.05, 4.69) is 17.6 Å². The van der Waals surface area contributed by atoms with Crippen molar-refractivity contribution >= 4 is 23.9 Å². The van der Waals surface area contributed by atoms with Crippen LogP contribution in [0, 0.1) is 12.8 Å². The zero-order chi connectivity index (χ0) is 30.3. The Kier molecular flexibility index (Phi) is 15.3. The van der Waals surface area contributed by atoms with E-state index in [0.29, 0.717) is 18.5 Å². The molecular formula is C31H51N3O6. The molecule has 0 radical (unpaired) electrons. The average molecular weight is 562 g/mol. The van der Waals surface area contributed by atoms with Crippen LogP contribution in [-0.4, -0.2) is 60.1 Å². The minimum Gasteiger partial charge on any atom is -0.466 e. The Morgan fingerprint density at radius 1 is 0.975 bits per heavy atom. The zero-order valence-electron chi connectivity index (χ0n) is 25.8. The molecule has 0 saturated heterocycles. The molecule has 1 aromatic carbocycles. The van der Waals surface area contributed by atoms with E-state index in [1.54, 1.807) is 32.6 Å². The first-order valence-electron chi connectivity index (χ1n) is 14.6. The van der Waals surface area contributed by atoms with E-state index in [0.717, 1.165) is 31.2 Å². The molecule has 40 heavy (non-hydrogen) atoms. The second kappa shape index (κ2) is 17.6. The minimum absolute atomic E-state index is 0.0276. The number of hydrogen-bond acceptors (Lipinski definition) is 6. The lowest BCUT2D eigenvalue weighted by Crippen LogP contribution is -2.55. The Morgan fingerprint density at radius 3 is 2.20 bits per heavy atom. The van der Waals surface area contributed by atoms with Crippen LogP contribution in [0.4, 0.5) is 4.79 Å². The fourth-order valence-corrected chi connectivity index (χ4v) is 4.34. The fourth-order valence-electron chi connectivity index (χ4n) is 4.34. The predicted molar refractivity (Wildman–Crippen MR) is 157 cm³/mol. The third-order valence-corrected chi connectivity index (χ3v) is 6.37. The van der Waals surface area contributed by atoms with Crippen LogP contribution >= 0.6 is 0 Å². The van der Waals surface area contributed by atoms with Crippen LogP contribution in [0.1, 0.15) is 104 Å². The van der Waals surface area contributed by atoms with Crippen LogP contribution in [0.25, 0.3) is 0 Å². The van der Waals surface area contributed by atoms with Crippen molar-refractivity contribution in [1.29, 1.82) is 0 Å². The van der Waals surface area contributed by atoms with Gasteiger partial charge in [0.05, 0.1) is 13.0 Å². The summed E-state index contributed by atoms with van der Waals surface area (Å²) < 4.78 is 10.4. The molecular weight excluding hydrogens is 510 g/mol. The maximum absolute atomic E-state index is 14.2. The van der Waals surface area contributed by atoms with E-state index < -0.39 is 29.7 Å². The van der Waals surface area contributed by atoms with Crippen LogP contribution < -0.4 is 10.6 Å². The Balaban J connectivity index is 3.41. The molecule has 9 nitrogen and oxygen atoms in total. The lowest BCUT2D eigenvalue weighted by molar-refractivity contribution is -0.145. The summed E-state index contributed by atoms with van der Waals surface area (Å²) in [4.78, 5) is 54.1. The summed E-state index contributed by atoms with van der Waals surface area (Å²) >= 11 is 0. The van der Waals surface area contributed by atoms with Gasteiger partial charge in [-0.3, -0.25) is 14.4 Å². The normalized spacial score (nSPS) is 12.8. The smallest absolute Gasteiger partial charge is 0.408 e. The SMILES string of the molecule is CCCCCCCN(C(=O)C(NC(=O)OC(C)(C)C)C(C)C)C(C(=O)NCCC(=O)OCC)c1ccccc1C. The number of hydrogen-bond donors (Lipinski definition) is 2. The van der Waals surface area contributed by atoms with E-state index >= 15 is 0 Å². The number of alkyl carbamates (subject to hydrolysis) is 1. The van der Waals surface area contributed by atoms with Crippen LogP contribution in [0.15, 0.2) is 24.3 Å². The standard InChI is InChI=1S/C31H51N3O6/c1-9-11-12-13-16-21-34(29(37)26(22(3)4)33-30(38)40-31(6,7)8)27(24-18-15-14-17-23(24)5)28(36)32-20-19-25(35)39-10-2/h14-15,17-18,22,26-27H,9-13,16,19-21H2,1-8H3,(H,32,36)(H,33,38). The van der Waals surface area contributed by atoms with Crippen molar-refractivity contribution in [1.82, 2.24) is 15.5 Å². The molecule has 0 aliphatic carbocycles. The van der Waals surface area contributed by atoms with Crippen molar-refractivity contribution in [3.05, 3.63) is 35.4 Å². The summed E-state index contributed by atoms with van der Waals surface area (Å²) in [5.74, 6) is -1.40. The van der Waals surface area contributed by atoms with Crippen LogP contribution in [0.3, 0.4) is 0 Å². The molecule has 0 spiro atoms. The van der Waals surface area contributed by atoms with Crippen LogP contribution in [0.2, 0.25) is 0 Å². The predicted octanol–water partition coefficient (Wildman–Crippen LogP) is 5.45. The monoisotopic (exact) mass is 561 g/mol. The molecule has 0 bridgehead atoms. The van der Waals surface area contributed by atoms with Gasteiger partial charge in [0.15, 0.2) is 0 Å². The van der Waals surface area contributed by atoms with Gasteiger partial charge >= 0.3 is 12.1 Å². The number of ether oxygens (including phenoxy) is 2. The zero-order valence-corrected chi connectivity index (χ0v) is 25.8. The number of nitrogens with zero attached hydrogens (tertiary/aromatic N) is 1. The molecule has 0 saturated carbocycles. The lowest BCUT2D eigenvalue weighted by atomic mass is 9.95. The number of rotatable bonds is 16. The van der Waals surface area contributed by atoms with Gasteiger partial charge in [-0.2, -0.15) is 0 Å². The Labute approximate surface area is 240 Å². The summed E-state index contributed by atoms with van der Waals surface area (Å²) in [6, 6.07) is 5.62. The van der Waals surface area contributed by atoms with Crippen LogP contribution in [0.5, 0.6) is 0 Å². The van der Waals surface area contributed by atoms with Crippen molar-refractivity contribution in [2.45, 2.75) is 112 Å². The third-order valence-electron chi connectivity index (χ3n) is 6.37. The van der Waals surface area contributed by atoms with E-state index in [1.165, 1.54) is 0 Å². The van der Waals surface area contributed by atoms with Crippen molar-refractivity contribution in [3.8, 4) is 0 Å². The molecule has 2 N–H and O–H groups in total. The van der Waals surface area contributed by atoms with E-state index in [1.807, 2.05) is 45.0 Å². The number of amides is 3. The summed E-state index contributed by atoms with van der Waals surface area (Å²) in [5, 5.41) is 5.59. The molecule has 1 rings (SSSR count). The number of carbonyl (C=O) groups excluding carboxylic acids is 4. The topological polar surface area (TPSA) is 114 Å². The highest BCUT2D eigenvalue weighted by Gasteiger charge is 2.37. The lowest BCUT2D eigenvalue weighted by Gasteiger charge is -2.36. The first kappa shape index (κ1) is 34.9. The van der Waals surface area contributed by atoms with E-state index in [-0.39, 0.29) is 37.3 Å². The Bertz CT molecular complexity index is 957. The maximum atomic E-state index is 14.2. The van der Waals surface area contributed by atoms with Gasteiger partial charge in [-0.15, -0.1) is 0 Å². The van der Waals surface area contributed by atoms with Gasteiger partial charge in [0.2, 0.25) is 11.8 Å². The van der Waals surface area contributed by atoms with E-state index in [9.17, 15) is 19.2 Å². The molecule has 0 heterocycles. The molecule has 3 amide bonds. The first-order valence-corrected chi connectivity index (χ1v) is 14.6. The first-order chi connectivity index (χ1) is 18.8. The highest BCUT2D eigenvalue weighted by molar-refractivity contribution is 5.92. The number of aryl methyl sites for hydroxylation is 1. The van der Waals surface area contributed by atoms with Crippen molar-refractivity contribution in [2.75, 3.05) is 19.7 Å². The fraction of sp³-hybridized carbons (Fsp3) is 0.677. The molecule has 226 valence electrons. The van der Waals surface area contributed by atoms with Gasteiger partial charge in [-0.05, 0) is 58.1 Å². The highest BCUT2D eigenvalue weighted by Crippen LogP contribution is 2.27. The van der Waals surface area contributed by atoms with Gasteiger partial charge in [-0.1, -0.05) is 70.7 Å². The quantitative estimate of drug-likeness (QED) is 0.205. The van der Waals surface area contributed by atoms with E-state index in [4.69, 9.17) is 9.47 Å². The van der Waals surface area contributed by atoms with Crippen molar-refractivity contribution < 1.29 is 28.7 Å². The summed E-state index contributed by atoms with van der Waals surface area (Å²) in [6.07, 6.45) is 4.18. The largest absolute Gasteiger partial charge is 0.466 e. The molecule has 0 aliphatic heterocycles. The molecule has 0 aromatic heterocycles. The maximum Gasteiger partial charge on any atom is 0.408 e. The van der Waals surface area contributed by atoms with Gasteiger partial charge < -0.3 is 25.0 Å². The molecule has 2 unspecified atom stereocenters.